The van der Waals surface area contributed by atoms with Crippen molar-refractivity contribution in [3.05, 3.63) is 59.8 Å². The van der Waals surface area contributed by atoms with E-state index in [0.29, 0.717) is 13.1 Å². The standard InChI is InChI=1S/C28H32N2O3/c1-19-6-5-7-22-17-23(18-29-25(19)22)20-8-9-24-21(16-20)10-11-28(32-24)12-14-30(15-13-28)26(31)33-27(2,3)4/h5-9,16-18H,10-15H2,1-4H3. The van der Waals surface area contributed by atoms with Crippen LogP contribution in [0.1, 0.15) is 51.2 Å². The second kappa shape index (κ2) is 8.05. The Labute approximate surface area is 195 Å². The number of benzene rings is 2. The fourth-order valence-corrected chi connectivity index (χ4v) is 4.95. The third kappa shape index (κ3) is 4.41. The number of aryl methyl sites for hydroxylation is 2. The van der Waals surface area contributed by atoms with E-state index in [1.807, 2.05) is 31.9 Å². The number of aromatic nitrogens is 1. The van der Waals surface area contributed by atoms with Crippen molar-refractivity contribution in [2.45, 2.75) is 64.6 Å². The van der Waals surface area contributed by atoms with E-state index in [0.717, 1.165) is 47.9 Å². The Kier molecular flexibility index (Phi) is 5.31. The van der Waals surface area contributed by atoms with Crippen LogP contribution in [0.4, 0.5) is 4.79 Å². The number of para-hydroxylation sites is 1. The van der Waals surface area contributed by atoms with Gasteiger partial charge in [0.05, 0.1) is 5.52 Å². The number of fused-ring (bicyclic) bond motifs is 2. The van der Waals surface area contributed by atoms with E-state index in [-0.39, 0.29) is 11.7 Å². The van der Waals surface area contributed by atoms with Crippen molar-refractivity contribution in [1.82, 2.24) is 9.88 Å². The van der Waals surface area contributed by atoms with Gasteiger partial charge in [0.25, 0.3) is 0 Å². The largest absolute Gasteiger partial charge is 0.487 e. The Morgan fingerprint density at radius 1 is 1.06 bits per heavy atom. The van der Waals surface area contributed by atoms with E-state index in [1.54, 1.807) is 0 Å². The van der Waals surface area contributed by atoms with Gasteiger partial charge < -0.3 is 14.4 Å². The molecule has 33 heavy (non-hydrogen) atoms. The van der Waals surface area contributed by atoms with Crippen LogP contribution < -0.4 is 4.74 Å². The summed E-state index contributed by atoms with van der Waals surface area (Å²) in [6.07, 6.45) is 5.37. The van der Waals surface area contributed by atoms with E-state index in [1.165, 1.54) is 16.7 Å². The first kappa shape index (κ1) is 21.7. The quantitative estimate of drug-likeness (QED) is 0.442. The minimum absolute atomic E-state index is 0.185. The fourth-order valence-electron chi connectivity index (χ4n) is 4.95. The molecule has 0 N–H and O–H groups in total. The van der Waals surface area contributed by atoms with Gasteiger partial charge in [0.2, 0.25) is 0 Å². The molecule has 2 aromatic carbocycles. The molecule has 0 atom stereocenters. The molecule has 5 heteroatoms. The smallest absolute Gasteiger partial charge is 0.410 e. The van der Waals surface area contributed by atoms with Crippen molar-refractivity contribution >= 4 is 17.0 Å². The molecule has 1 aromatic heterocycles. The first-order valence-corrected chi connectivity index (χ1v) is 11.9. The van der Waals surface area contributed by atoms with E-state index < -0.39 is 5.60 Å². The number of amides is 1. The summed E-state index contributed by atoms with van der Waals surface area (Å²) in [5.74, 6) is 0.973. The summed E-state index contributed by atoms with van der Waals surface area (Å²) in [6, 6.07) is 15.0. The molecule has 0 unspecified atom stereocenters. The monoisotopic (exact) mass is 444 g/mol. The fraction of sp³-hybridized carbons (Fsp3) is 0.429. The molecule has 3 aromatic rings. The summed E-state index contributed by atoms with van der Waals surface area (Å²) in [5.41, 5.74) is 5.14. The lowest BCUT2D eigenvalue weighted by atomic mass is 9.82. The number of hydrogen-bond donors (Lipinski definition) is 0. The third-order valence-corrected chi connectivity index (χ3v) is 6.81. The molecule has 0 radical (unpaired) electrons. The highest BCUT2D eigenvalue weighted by molar-refractivity contribution is 5.86. The van der Waals surface area contributed by atoms with Crippen LogP contribution in [-0.4, -0.2) is 40.3 Å². The van der Waals surface area contributed by atoms with Gasteiger partial charge in [0.15, 0.2) is 0 Å². The molecular weight excluding hydrogens is 412 g/mol. The van der Waals surface area contributed by atoms with Gasteiger partial charge in [-0.25, -0.2) is 4.79 Å². The van der Waals surface area contributed by atoms with Gasteiger partial charge in [-0.15, -0.1) is 0 Å². The van der Waals surface area contributed by atoms with E-state index in [2.05, 4.69) is 49.4 Å². The number of rotatable bonds is 1. The van der Waals surface area contributed by atoms with Crippen LogP contribution in [0.5, 0.6) is 5.75 Å². The van der Waals surface area contributed by atoms with Gasteiger partial charge in [-0.3, -0.25) is 4.98 Å². The van der Waals surface area contributed by atoms with Gasteiger partial charge in [-0.1, -0.05) is 24.3 Å². The highest BCUT2D eigenvalue weighted by Gasteiger charge is 2.41. The van der Waals surface area contributed by atoms with Crippen molar-refractivity contribution in [1.29, 1.82) is 0 Å². The first-order valence-electron chi connectivity index (χ1n) is 11.9. The van der Waals surface area contributed by atoms with Crippen molar-refractivity contribution in [3.8, 4) is 16.9 Å². The van der Waals surface area contributed by atoms with E-state index >= 15 is 0 Å². The second-order valence-electron chi connectivity index (χ2n) is 10.4. The lowest BCUT2D eigenvalue weighted by Crippen LogP contribution is -2.52. The maximum atomic E-state index is 12.4. The van der Waals surface area contributed by atoms with E-state index in [9.17, 15) is 4.79 Å². The summed E-state index contributed by atoms with van der Waals surface area (Å²) in [7, 11) is 0. The molecule has 3 heterocycles. The SMILES string of the molecule is Cc1cccc2cc(-c3ccc4c(c3)CCC3(CCN(C(=O)OC(C)(C)C)CC3)O4)cnc12. The predicted octanol–water partition coefficient (Wildman–Crippen LogP) is 6.30. The maximum Gasteiger partial charge on any atom is 0.410 e. The topological polar surface area (TPSA) is 51.7 Å². The zero-order valence-electron chi connectivity index (χ0n) is 20.0. The molecule has 1 amide bonds. The highest BCUT2D eigenvalue weighted by Crippen LogP contribution is 2.41. The molecule has 5 rings (SSSR count). The van der Waals surface area contributed by atoms with Gasteiger partial charge >= 0.3 is 6.09 Å². The van der Waals surface area contributed by atoms with Crippen molar-refractivity contribution in [2.75, 3.05) is 13.1 Å². The number of piperidine rings is 1. The average molecular weight is 445 g/mol. The molecule has 0 saturated carbocycles. The number of carbonyl (C=O) groups excluding carboxylic acids is 1. The predicted molar refractivity (Wildman–Crippen MR) is 131 cm³/mol. The van der Waals surface area contributed by atoms with Crippen molar-refractivity contribution < 1.29 is 14.3 Å². The van der Waals surface area contributed by atoms with Gasteiger partial charge in [-0.05, 0) is 75.4 Å². The Bertz CT molecular complexity index is 1200. The molecule has 0 aliphatic carbocycles. The van der Waals surface area contributed by atoms with Crippen molar-refractivity contribution in [2.24, 2.45) is 0 Å². The lowest BCUT2D eigenvalue weighted by molar-refractivity contribution is -0.0272. The summed E-state index contributed by atoms with van der Waals surface area (Å²) in [6.45, 7) is 9.15. The molecule has 1 spiro atoms. The summed E-state index contributed by atoms with van der Waals surface area (Å²) in [5, 5.41) is 1.16. The van der Waals surface area contributed by atoms with Crippen LogP contribution in [0.15, 0.2) is 48.7 Å². The Morgan fingerprint density at radius 2 is 1.85 bits per heavy atom. The molecule has 2 aliphatic heterocycles. The Hall–Kier alpha value is -3.08. The van der Waals surface area contributed by atoms with Crippen LogP contribution in [0.3, 0.4) is 0 Å². The van der Waals surface area contributed by atoms with Crippen LogP contribution in [0.25, 0.3) is 22.0 Å². The van der Waals surface area contributed by atoms with Gasteiger partial charge in [0, 0.05) is 43.1 Å². The number of hydrogen-bond acceptors (Lipinski definition) is 4. The van der Waals surface area contributed by atoms with Crippen LogP contribution in [0, 0.1) is 6.92 Å². The third-order valence-electron chi connectivity index (χ3n) is 6.81. The first-order chi connectivity index (χ1) is 15.7. The molecule has 0 bridgehead atoms. The summed E-state index contributed by atoms with van der Waals surface area (Å²) < 4.78 is 12.1. The van der Waals surface area contributed by atoms with Gasteiger partial charge in [-0.2, -0.15) is 0 Å². The molecule has 172 valence electrons. The number of ether oxygens (including phenoxy) is 2. The van der Waals surface area contributed by atoms with E-state index in [4.69, 9.17) is 14.5 Å². The van der Waals surface area contributed by atoms with Crippen LogP contribution in [0.2, 0.25) is 0 Å². The second-order valence-corrected chi connectivity index (χ2v) is 10.4. The lowest BCUT2D eigenvalue weighted by Gasteiger charge is -2.44. The van der Waals surface area contributed by atoms with Gasteiger partial charge in [0.1, 0.15) is 17.0 Å². The number of carbonyl (C=O) groups is 1. The molecule has 1 fully saturated rings. The molecule has 2 aliphatic rings. The maximum absolute atomic E-state index is 12.4. The minimum Gasteiger partial charge on any atom is -0.487 e. The Morgan fingerprint density at radius 3 is 2.61 bits per heavy atom. The minimum atomic E-state index is -0.469. The number of pyridine rings is 1. The van der Waals surface area contributed by atoms with Crippen molar-refractivity contribution in [3.63, 3.8) is 0 Å². The highest BCUT2D eigenvalue weighted by atomic mass is 16.6. The van der Waals surface area contributed by atoms with Crippen LogP contribution >= 0.6 is 0 Å². The Balaban J connectivity index is 1.30. The summed E-state index contributed by atoms with van der Waals surface area (Å²) >= 11 is 0. The molecule has 1 saturated heterocycles. The average Bonchev–Trinajstić information content (AvgIpc) is 2.78. The zero-order valence-corrected chi connectivity index (χ0v) is 20.0. The molecular formula is C28H32N2O3. The van der Waals surface area contributed by atoms with Crippen LogP contribution in [-0.2, 0) is 11.2 Å². The zero-order chi connectivity index (χ0) is 23.2. The number of nitrogens with zero attached hydrogens (tertiary/aromatic N) is 2. The molecule has 5 nitrogen and oxygen atoms in total. The number of likely N-dealkylation sites (tertiary alicyclic amines) is 1. The summed E-state index contributed by atoms with van der Waals surface area (Å²) in [4.78, 5) is 18.9. The normalized spacial score (nSPS) is 17.5.